The Labute approximate surface area is 139 Å². The van der Waals surface area contributed by atoms with Gasteiger partial charge in [-0.3, -0.25) is 4.79 Å². The average molecular weight is 391 g/mol. The molecule has 3 heteroatoms. The third-order valence-electron chi connectivity index (χ3n) is 3.28. The second-order valence-electron chi connectivity index (χ2n) is 5.05. The lowest BCUT2D eigenvalue weighted by Gasteiger charge is -2.20. The number of hydrogen-bond acceptors (Lipinski definition) is 1. The Balaban J connectivity index is 2.22. The van der Waals surface area contributed by atoms with Gasteiger partial charge in [-0.1, -0.05) is 36.4 Å². The van der Waals surface area contributed by atoms with Gasteiger partial charge < -0.3 is 4.90 Å². The lowest BCUT2D eigenvalue weighted by molar-refractivity contribution is -0.113. The van der Waals surface area contributed by atoms with Crippen LogP contribution in [0.3, 0.4) is 0 Å². The summed E-state index contributed by atoms with van der Waals surface area (Å²) in [6.45, 7) is 4.10. The van der Waals surface area contributed by atoms with Crippen LogP contribution in [-0.4, -0.2) is 13.0 Å². The van der Waals surface area contributed by atoms with Gasteiger partial charge in [-0.2, -0.15) is 0 Å². The van der Waals surface area contributed by atoms with Crippen molar-refractivity contribution in [2.45, 2.75) is 13.8 Å². The highest BCUT2D eigenvalue weighted by Crippen LogP contribution is 2.27. The van der Waals surface area contributed by atoms with Crippen LogP contribution in [0.2, 0.25) is 0 Å². The zero-order valence-electron chi connectivity index (χ0n) is 12.4. The van der Waals surface area contributed by atoms with Crippen molar-refractivity contribution in [3.8, 4) is 0 Å². The minimum Gasteiger partial charge on any atom is -0.311 e. The smallest absolute Gasteiger partial charge is 0.250 e. The molecule has 1 amide bonds. The Morgan fingerprint density at radius 3 is 2.43 bits per heavy atom. The van der Waals surface area contributed by atoms with E-state index in [1.54, 1.807) is 11.0 Å². The van der Waals surface area contributed by atoms with Crippen LogP contribution in [0.5, 0.6) is 0 Å². The van der Waals surface area contributed by atoms with Crippen LogP contribution >= 0.6 is 22.6 Å². The summed E-state index contributed by atoms with van der Waals surface area (Å²) in [5.41, 5.74) is 4.32. The summed E-state index contributed by atoms with van der Waals surface area (Å²) in [6.07, 6.45) is 3.46. The van der Waals surface area contributed by atoms with E-state index < -0.39 is 0 Å². The number of benzene rings is 2. The van der Waals surface area contributed by atoms with E-state index in [9.17, 15) is 4.79 Å². The van der Waals surface area contributed by atoms with Crippen molar-refractivity contribution >= 4 is 40.3 Å². The second-order valence-corrected chi connectivity index (χ2v) is 6.22. The van der Waals surface area contributed by atoms with E-state index in [0.717, 1.165) is 20.4 Å². The number of likely N-dealkylation sites (N-methyl/N-ethyl adjacent to an activating group) is 1. The number of nitrogens with zero attached hydrogens (tertiary/aromatic N) is 1. The molecular formula is C18H18INO. The number of rotatable bonds is 3. The van der Waals surface area contributed by atoms with Gasteiger partial charge in [0, 0.05) is 16.7 Å². The fourth-order valence-electron chi connectivity index (χ4n) is 2.29. The normalized spacial score (nSPS) is 10.9. The summed E-state index contributed by atoms with van der Waals surface area (Å²) in [4.78, 5) is 14.0. The molecule has 0 saturated heterocycles. The summed E-state index contributed by atoms with van der Waals surface area (Å²) in [5.74, 6) is -0.0243. The molecule has 0 aliphatic rings. The highest BCUT2D eigenvalue weighted by Gasteiger charge is 2.14. The first-order chi connectivity index (χ1) is 9.99. The van der Waals surface area contributed by atoms with Crippen LogP contribution < -0.4 is 4.90 Å². The van der Waals surface area contributed by atoms with Gasteiger partial charge in [0.15, 0.2) is 0 Å². The van der Waals surface area contributed by atoms with Crippen LogP contribution in [0.1, 0.15) is 16.7 Å². The van der Waals surface area contributed by atoms with E-state index in [-0.39, 0.29) is 5.91 Å². The van der Waals surface area contributed by atoms with Gasteiger partial charge in [-0.25, -0.2) is 0 Å². The molecule has 0 heterocycles. The zero-order chi connectivity index (χ0) is 15.4. The number of carbonyl (C=O) groups is 1. The number of hydrogen-bond donors (Lipinski definition) is 0. The molecule has 0 aliphatic heterocycles. The molecule has 2 nitrogen and oxygen atoms in total. The van der Waals surface area contributed by atoms with E-state index in [0.29, 0.717) is 0 Å². The van der Waals surface area contributed by atoms with Gasteiger partial charge in [0.25, 0.3) is 5.91 Å². The van der Waals surface area contributed by atoms with Gasteiger partial charge in [0.1, 0.15) is 0 Å². The molecule has 0 fully saturated rings. The van der Waals surface area contributed by atoms with Crippen LogP contribution in [0, 0.1) is 17.4 Å². The first-order valence-corrected chi connectivity index (χ1v) is 7.84. The summed E-state index contributed by atoms with van der Waals surface area (Å²) in [6, 6.07) is 14.0. The van der Waals surface area contributed by atoms with Crippen LogP contribution in [0.15, 0.2) is 48.5 Å². The maximum Gasteiger partial charge on any atom is 0.250 e. The first-order valence-electron chi connectivity index (χ1n) is 6.76. The van der Waals surface area contributed by atoms with E-state index >= 15 is 0 Å². The SMILES string of the molecule is Cc1cc(C)c(N(C)C(=O)/C=C/c2ccccc2)c(I)c1. The van der Waals surface area contributed by atoms with Crippen LogP contribution in [0.4, 0.5) is 5.69 Å². The summed E-state index contributed by atoms with van der Waals surface area (Å²) in [7, 11) is 1.82. The molecule has 0 atom stereocenters. The molecule has 0 spiro atoms. The number of amides is 1. The lowest BCUT2D eigenvalue weighted by atomic mass is 10.1. The summed E-state index contributed by atoms with van der Waals surface area (Å²) in [5, 5.41) is 0. The molecule has 21 heavy (non-hydrogen) atoms. The van der Waals surface area contributed by atoms with Crippen molar-refractivity contribution in [3.63, 3.8) is 0 Å². The molecule has 0 radical (unpaired) electrons. The Bertz CT molecular complexity index is 654. The monoisotopic (exact) mass is 391 g/mol. The predicted molar refractivity (Wildman–Crippen MR) is 97.5 cm³/mol. The van der Waals surface area contributed by atoms with Crippen molar-refractivity contribution in [3.05, 3.63) is 68.8 Å². The van der Waals surface area contributed by atoms with Crippen molar-refractivity contribution in [2.24, 2.45) is 0 Å². The number of carbonyl (C=O) groups excluding carboxylic acids is 1. The van der Waals surface area contributed by atoms with Crippen molar-refractivity contribution in [1.82, 2.24) is 0 Å². The number of anilines is 1. The number of halogens is 1. The van der Waals surface area contributed by atoms with E-state index in [1.807, 2.05) is 50.4 Å². The van der Waals surface area contributed by atoms with Crippen LogP contribution in [0.25, 0.3) is 6.08 Å². The molecule has 108 valence electrons. The van der Waals surface area contributed by atoms with Crippen molar-refractivity contribution in [2.75, 3.05) is 11.9 Å². The fraction of sp³-hybridized carbons (Fsp3) is 0.167. The minimum absolute atomic E-state index is 0.0243. The van der Waals surface area contributed by atoms with Gasteiger partial charge in [-0.05, 0) is 65.3 Å². The topological polar surface area (TPSA) is 20.3 Å². The van der Waals surface area contributed by atoms with Gasteiger partial charge in [-0.15, -0.1) is 0 Å². The van der Waals surface area contributed by atoms with Gasteiger partial charge >= 0.3 is 0 Å². The molecule has 0 bridgehead atoms. The van der Waals surface area contributed by atoms with Gasteiger partial charge in [0.2, 0.25) is 0 Å². The molecule has 0 unspecified atom stereocenters. The maximum absolute atomic E-state index is 12.3. The highest BCUT2D eigenvalue weighted by molar-refractivity contribution is 14.1. The molecule has 2 rings (SSSR count). The lowest BCUT2D eigenvalue weighted by Crippen LogP contribution is -2.25. The number of aryl methyl sites for hydroxylation is 2. The summed E-state index contributed by atoms with van der Waals surface area (Å²) >= 11 is 2.28. The quantitative estimate of drug-likeness (QED) is 0.554. The maximum atomic E-state index is 12.3. The standard InChI is InChI=1S/C18H18INO/c1-13-11-14(2)18(16(19)12-13)20(3)17(21)10-9-15-7-5-4-6-8-15/h4-12H,1-3H3/b10-9+. The van der Waals surface area contributed by atoms with Gasteiger partial charge in [0.05, 0.1) is 5.69 Å². The second kappa shape index (κ2) is 6.89. The predicted octanol–water partition coefficient (Wildman–Crippen LogP) is 4.58. The average Bonchev–Trinajstić information content (AvgIpc) is 2.44. The zero-order valence-corrected chi connectivity index (χ0v) is 14.6. The Morgan fingerprint density at radius 1 is 1.14 bits per heavy atom. The van der Waals surface area contributed by atoms with Crippen LogP contribution in [-0.2, 0) is 4.79 Å². The first kappa shape index (κ1) is 15.8. The highest BCUT2D eigenvalue weighted by atomic mass is 127. The molecule has 0 saturated carbocycles. The fourth-order valence-corrected chi connectivity index (χ4v) is 3.56. The Kier molecular flexibility index (Phi) is 5.17. The minimum atomic E-state index is -0.0243. The van der Waals surface area contributed by atoms with Crippen molar-refractivity contribution < 1.29 is 4.79 Å². The molecule has 0 aliphatic carbocycles. The third-order valence-corrected chi connectivity index (χ3v) is 4.10. The molecule has 0 aromatic heterocycles. The summed E-state index contributed by atoms with van der Waals surface area (Å²) < 4.78 is 1.09. The molecule has 2 aromatic carbocycles. The molecule has 0 N–H and O–H groups in total. The Hall–Kier alpha value is -1.62. The third kappa shape index (κ3) is 3.94. The Morgan fingerprint density at radius 2 is 1.81 bits per heavy atom. The molecular weight excluding hydrogens is 373 g/mol. The largest absolute Gasteiger partial charge is 0.311 e. The van der Waals surface area contributed by atoms with E-state index in [2.05, 4.69) is 41.6 Å². The van der Waals surface area contributed by atoms with E-state index in [1.165, 1.54) is 5.56 Å². The molecule has 2 aromatic rings. The van der Waals surface area contributed by atoms with Crippen molar-refractivity contribution in [1.29, 1.82) is 0 Å². The van der Waals surface area contributed by atoms with E-state index in [4.69, 9.17) is 0 Å².